The van der Waals surface area contributed by atoms with E-state index in [9.17, 15) is 8.42 Å². The van der Waals surface area contributed by atoms with Gasteiger partial charge in [0.15, 0.2) is 11.7 Å². The van der Waals surface area contributed by atoms with Crippen molar-refractivity contribution < 1.29 is 12.9 Å². The minimum absolute atomic E-state index is 0.0988. The average Bonchev–Trinajstić information content (AvgIpc) is 3.33. The van der Waals surface area contributed by atoms with Crippen LogP contribution in [-0.4, -0.2) is 32.6 Å². The van der Waals surface area contributed by atoms with Gasteiger partial charge in [-0.15, -0.1) is 0 Å². The summed E-state index contributed by atoms with van der Waals surface area (Å²) in [5.41, 5.74) is 1.88. The first-order chi connectivity index (χ1) is 13.4. The van der Waals surface area contributed by atoms with E-state index in [1.165, 1.54) is 0 Å². The van der Waals surface area contributed by atoms with Crippen LogP contribution >= 0.6 is 0 Å². The molecule has 3 rings (SSSR count). The van der Waals surface area contributed by atoms with E-state index in [1.54, 1.807) is 31.3 Å². The molecule has 1 saturated carbocycles. The first-order valence-electron chi connectivity index (χ1n) is 9.38. The van der Waals surface area contributed by atoms with Gasteiger partial charge < -0.3 is 15.2 Å². The summed E-state index contributed by atoms with van der Waals surface area (Å²) in [6.45, 7) is 5.12. The molecule has 0 saturated heterocycles. The van der Waals surface area contributed by atoms with E-state index in [4.69, 9.17) is 4.52 Å². The number of hydrogen-bond acceptors (Lipinski definition) is 5. The zero-order valence-electron chi connectivity index (χ0n) is 16.4. The number of sulfonamides is 1. The second-order valence-electron chi connectivity index (χ2n) is 7.19. The average molecular weight is 406 g/mol. The lowest BCUT2D eigenvalue weighted by molar-refractivity contribution is 0.372. The van der Waals surface area contributed by atoms with E-state index in [-0.39, 0.29) is 10.9 Å². The molecule has 1 aromatic heterocycles. The lowest BCUT2D eigenvalue weighted by Crippen LogP contribution is -2.36. The molecule has 1 aromatic carbocycles. The molecule has 2 aromatic rings. The summed E-state index contributed by atoms with van der Waals surface area (Å²) in [5, 5.41) is 10.4. The topological polar surface area (TPSA) is 109 Å². The van der Waals surface area contributed by atoms with Gasteiger partial charge >= 0.3 is 0 Å². The van der Waals surface area contributed by atoms with Crippen LogP contribution in [0, 0.1) is 0 Å². The van der Waals surface area contributed by atoms with Gasteiger partial charge in [-0.05, 0) is 36.5 Å². The van der Waals surface area contributed by atoms with Gasteiger partial charge in [-0.2, -0.15) is 0 Å². The molecule has 8 nitrogen and oxygen atoms in total. The number of benzene rings is 1. The van der Waals surface area contributed by atoms with Crippen LogP contribution in [-0.2, 0) is 23.1 Å². The van der Waals surface area contributed by atoms with Crippen molar-refractivity contribution in [2.24, 2.45) is 4.99 Å². The molecular weight excluding hydrogens is 378 g/mol. The van der Waals surface area contributed by atoms with Gasteiger partial charge in [0.25, 0.3) is 0 Å². The van der Waals surface area contributed by atoms with Crippen molar-refractivity contribution in [2.75, 3.05) is 7.05 Å². The Morgan fingerprint density at radius 3 is 2.46 bits per heavy atom. The van der Waals surface area contributed by atoms with Crippen molar-refractivity contribution in [1.82, 2.24) is 20.5 Å². The van der Waals surface area contributed by atoms with Crippen molar-refractivity contribution in [1.29, 1.82) is 0 Å². The summed E-state index contributed by atoms with van der Waals surface area (Å²) in [5.74, 6) is 1.68. The molecule has 0 spiro atoms. The molecule has 152 valence electrons. The van der Waals surface area contributed by atoms with Crippen LogP contribution in [0.3, 0.4) is 0 Å². The second-order valence-corrected chi connectivity index (χ2v) is 8.91. The Morgan fingerprint density at radius 2 is 1.89 bits per heavy atom. The minimum atomic E-state index is -3.42. The van der Waals surface area contributed by atoms with Gasteiger partial charge in [0.1, 0.15) is 0 Å². The third-order valence-electron chi connectivity index (χ3n) is 4.42. The summed E-state index contributed by atoms with van der Waals surface area (Å²) < 4.78 is 32.4. The normalized spacial score (nSPS) is 15.1. The number of nitrogens with zero attached hydrogens (tertiary/aromatic N) is 2. The molecule has 0 radical (unpaired) electrons. The van der Waals surface area contributed by atoms with Crippen LogP contribution in [0.1, 0.15) is 49.6 Å². The number of hydrogen-bond donors (Lipinski definition) is 3. The first-order valence-corrected chi connectivity index (χ1v) is 10.9. The number of aliphatic imine (C=N–C) groups is 1. The molecule has 0 bridgehead atoms. The molecule has 9 heteroatoms. The SMILES string of the molecule is CN=C(NCc1ccc(S(=O)(=O)NC2CC2)cc1)NCc1cc(C(C)C)no1. The fraction of sp³-hybridized carbons (Fsp3) is 0.474. The van der Waals surface area contributed by atoms with E-state index in [0.717, 1.165) is 29.9 Å². The third-order valence-corrected chi connectivity index (χ3v) is 5.95. The third kappa shape index (κ3) is 5.56. The smallest absolute Gasteiger partial charge is 0.240 e. The maximum absolute atomic E-state index is 12.2. The molecule has 1 fully saturated rings. The fourth-order valence-electron chi connectivity index (χ4n) is 2.54. The highest BCUT2D eigenvalue weighted by atomic mass is 32.2. The quantitative estimate of drug-likeness (QED) is 0.458. The Hall–Kier alpha value is -2.39. The molecule has 0 aliphatic heterocycles. The highest BCUT2D eigenvalue weighted by Crippen LogP contribution is 2.22. The van der Waals surface area contributed by atoms with Gasteiger partial charge in [0, 0.05) is 25.7 Å². The van der Waals surface area contributed by atoms with Crippen molar-refractivity contribution in [3.05, 3.63) is 47.3 Å². The molecule has 0 unspecified atom stereocenters. The summed E-state index contributed by atoms with van der Waals surface area (Å²) in [4.78, 5) is 4.47. The van der Waals surface area contributed by atoms with Crippen LogP contribution in [0.15, 0.2) is 44.7 Å². The van der Waals surface area contributed by atoms with Crippen LogP contribution in [0.25, 0.3) is 0 Å². The van der Waals surface area contributed by atoms with Crippen LogP contribution < -0.4 is 15.4 Å². The minimum Gasteiger partial charge on any atom is -0.359 e. The molecule has 28 heavy (non-hydrogen) atoms. The Bertz CT molecular complexity index is 915. The molecule has 1 aliphatic carbocycles. The summed E-state index contributed by atoms with van der Waals surface area (Å²) in [7, 11) is -1.73. The summed E-state index contributed by atoms with van der Waals surface area (Å²) >= 11 is 0. The van der Waals surface area contributed by atoms with Gasteiger partial charge in [-0.25, -0.2) is 13.1 Å². The van der Waals surface area contributed by atoms with E-state index in [1.807, 2.05) is 6.07 Å². The lowest BCUT2D eigenvalue weighted by Gasteiger charge is -2.11. The highest BCUT2D eigenvalue weighted by Gasteiger charge is 2.27. The zero-order valence-corrected chi connectivity index (χ0v) is 17.2. The zero-order chi connectivity index (χ0) is 20.1. The van der Waals surface area contributed by atoms with Crippen LogP contribution in [0.2, 0.25) is 0 Å². The van der Waals surface area contributed by atoms with Crippen LogP contribution in [0.4, 0.5) is 0 Å². The van der Waals surface area contributed by atoms with Crippen molar-refractivity contribution in [2.45, 2.75) is 56.6 Å². The number of nitrogens with one attached hydrogen (secondary N) is 3. The van der Waals surface area contributed by atoms with Crippen LogP contribution in [0.5, 0.6) is 0 Å². The highest BCUT2D eigenvalue weighted by molar-refractivity contribution is 7.89. The van der Waals surface area contributed by atoms with Crippen molar-refractivity contribution in [3.63, 3.8) is 0 Å². The Morgan fingerprint density at radius 1 is 1.21 bits per heavy atom. The van der Waals surface area contributed by atoms with Gasteiger partial charge in [0.05, 0.1) is 17.1 Å². The van der Waals surface area contributed by atoms with E-state index < -0.39 is 10.0 Å². The van der Waals surface area contributed by atoms with Gasteiger partial charge in [-0.1, -0.05) is 31.1 Å². The molecule has 1 heterocycles. The lowest BCUT2D eigenvalue weighted by atomic mass is 10.1. The summed E-state index contributed by atoms with van der Waals surface area (Å²) in [6.07, 6.45) is 1.83. The predicted octanol–water partition coefficient (Wildman–Crippen LogP) is 2.10. The monoisotopic (exact) mass is 405 g/mol. The molecule has 0 atom stereocenters. The van der Waals surface area contributed by atoms with E-state index in [2.05, 4.69) is 39.4 Å². The van der Waals surface area contributed by atoms with E-state index >= 15 is 0 Å². The van der Waals surface area contributed by atoms with Crippen molar-refractivity contribution in [3.8, 4) is 0 Å². The second kappa shape index (κ2) is 8.74. The largest absolute Gasteiger partial charge is 0.359 e. The maximum atomic E-state index is 12.2. The maximum Gasteiger partial charge on any atom is 0.240 e. The van der Waals surface area contributed by atoms with E-state index in [0.29, 0.717) is 25.0 Å². The standard InChI is InChI=1S/C19H27N5O3S/c1-13(2)18-10-16(27-23-18)12-22-19(20-3)21-11-14-4-8-17(9-5-14)28(25,26)24-15-6-7-15/h4-5,8-10,13,15,24H,6-7,11-12H2,1-3H3,(H2,20,21,22). The number of guanidine groups is 1. The number of aromatic nitrogens is 1. The number of rotatable bonds is 8. The molecule has 1 aliphatic rings. The fourth-order valence-corrected chi connectivity index (χ4v) is 3.84. The predicted molar refractivity (Wildman–Crippen MR) is 107 cm³/mol. The Kier molecular flexibility index (Phi) is 6.35. The van der Waals surface area contributed by atoms with Gasteiger partial charge in [0.2, 0.25) is 10.0 Å². The summed E-state index contributed by atoms with van der Waals surface area (Å²) in [6, 6.07) is 8.88. The first kappa shape index (κ1) is 20.3. The molecular formula is C19H27N5O3S. The molecule has 3 N–H and O–H groups in total. The molecule has 0 amide bonds. The van der Waals surface area contributed by atoms with Crippen molar-refractivity contribution >= 4 is 16.0 Å². The van der Waals surface area contributed by atoms with Gasteiger partial charge in [-0.3, -0.25) is 4.99 Å². The Balaban J connectivity index is 1.50. The Labute approximate surface area is 165 Å².